The van der Waals surface area contributed by atoms with Crippen molar-refractivity contribution in [1.29, 1.82) is 0 Å². The summed E-state index contributed by atoms with van der Waals surface area (Å²) < 4.78 is 0. The van der Waals surface area contributed by atoms with Crippen LogP contribution in [0.4, 0.5) is 0 Å². The highest BCUT2D eigenvalue weighted by molar-refractivity contribution is 5.74. The normalized spacial score (nSPS) is 10.4. The molecule has 0 spiro atoms. The zero-order valence-corrected chi connectivity index (χ0v) is 8.67. The van der Waals surface area contributed by atoms with Crippen LogP contribution in [-0.2, 0) is 0 Å². The average Bonchev–Trinajstić information content (AvgIpc) is 2.53. The van der Waals surface area contributed by atoms with Crippen LogP contribution in [0.5, 0.6) is 0 Å². The van der Waals surface area contributed by atoms with Crippen molar-refractivity contribution < 1.29 is 0 Å². The Balaban J connectivity index is 2.71. The molecule has 0 aromatic carbocycles. The molecular formula is C14H14. The van der Waals surface area contributed by atoms with Gasteiger partial charge in [-0.2, -0.15) is 0 Å². The first-order valence-corrected chi connectivity index (χ1v) is 4.84. The molecule has 0 radical (unpaired) electrons. The Morgan fingerprint density at radius 3 is 2.64 bits per heavy atom. The van der Waals surface area contributed by atoms with Crippen LogP contribution in [0, 0.1) is 6.92 Å². The van der Waals surface area contributed by atoms with Gasteiger partial charge in [0.05, 0.1) is 0 Å². The van der Waals surface area contributed by atoms with Crippen molar-refractivity contribution in [3.05, 3.63) is 54.1 Å². The molecule has 0 saturated carbocycles. The SMILES string of the molecule is C=C(C)c1ccc(C)c2cccc-2c1. The fraction of sp³-hybridized carbons (Fsp3) is 0.143. The minimum absolute atomic E-state index is 1.11. The number of aryl methyl sites for hydroxylation is 1. The van der Waals surface area contributed by atoms with Gasteiger partial charge >= 0.3 is 0 Å². The van der Waals surface area contributed by atoms with E-state index >= 15 is 0 Å². The first-order chi connectivity index (χ1) is 6.68. The number of rotatable bonds is 1. The third-order valence-electron chi connectivity index (χ3n) is 2.59. The van der Waals surface area contributed by atoms with Crippen LogP contribution >= 0.6 is 0 Å². The third kappa shape index (κ3) is 1.44. The number of hydrogen-bond donors (Lipinski definition) is 0. The Morgan fingerprint density at radius 2 is 1.93 bits per heavy atom. The van der Waals surface area contributed by atoms with Crippen LogP contribution < -0.4 is 0 Å². The Labute approximate surface area is 85.2 Å². The summed E-state index contributed by atoms with van der Waals surface area (Å²) in [4.78, 5) is 0. The van der Waals surface area contributed by atoms with Gasteiger partial charge < -0.3 is 0 Å². The number of allylic oxidation sites excluding steroid dienone is 1. The van der Waals surface area contributed by atoms with E-state index in [1.807, 2.05) is 6.92 Å². The summed E-state index contributed by atoms with van der Waals surface area (Å²) in [6.45, 7) is 8.16. The smallest absolute Gasteiger partial charge is 0.0155 e. The first-order valence-electron chi connectivity index (χ1n) is 4.84. The molecule has 70 valence electrons. The summed E-state index contributed by atoms with van der Waals surface area (Å²) in [5, 5.41) is 0. The van der Waals surface area contributed by atoms with Gasteiger partial charge in [-0.3, -0.25) is 0 Å². The minimum Gasteiger partial charge on any atom is -0.0955 e. The second-order valence-corrected chi connectivity index (χ2v) is 3.79. The minimum atomic E-state index is 1.11. The molecule has 0 amide bonds. The van der Waals surface area contributed by atoms with Gasteiger partial charge in [-0.15, -0.1) is 0 Å². The van der Waals surface area contributed by atoms with E-state index in [0.29, 0.717) is 0 Å². The monoisotopic (exact) mass is 182 g/mol. The number of hydrogen-bond acceptors (Lipinski definition) is 0. The first kappa shape index (κ1) is 9.01. The molecule has 0 bridgehead atoms. The molecule has 0 fully saturated rings. The fourth-order valence-corrected chi connectivity index (χ4v) is 1.70. The van der Waals surface area contributed by atoms with E-state index in [9.17, 15) is 0 Å². The van der Waals surface area contributed by atoms with Crippen molar-refractivity contribution in [2.24, 2.45) is 0 Å². The zero-order valence-electron chi connectivity index (χ0n) is 8.67. The van der Waals surface area contributed by atoms with E-state index in [1.54, 1.807) is 0 Å². The topological polar surface area (TPSA) is 0 Å². The maximum Gasteiger partial charge on any atom is -0.0155 e. The quantitative estimate of drug-likeness (QED) is 0.622. The van der Waals surface area contributed by atoms with Gasteiger partial charge in [0.25, 0.3) is 0 Å². The predicted octanol–water partition coefficient (Wildman–Crippen LogP) is 4.13. The van der Waals surface area contributed by atoms with Crippen LogP contribution in [0.3, 0.4) is 0 Å². The molecule has 0 unspecified atom stereocenters. The van der Waals surface area contributed by atoms with Gasteiger partial charge in [0, 0.05) is 0 Å². The van der Waals surface area contributed by atoms with Crippen molar-refractivity contribution >= 4 is 5.57 Å². The summed E-state index contributed by atoms with van der Waals surface area (Å²) >= 11 is 0. The molecule has 0 aliphatic heterocycles. The maximum atomic E-state index is 3.97. The standard InChI is InChI=1S/C14H14/c1-10(2)12-8-7-11(3)14-6-4-5-13(14)9-12/h4-9H,1H2,2-3H3. The molecule has 2 rings (SSSR count). The van der Waals surface area contributed by atoms with Crippen LogP contribution in [-0.4, -0.2) is 0 Å². The van der Waals surface area contributed by atoms with Crippen LogP contribution in [0.2, 0.25) is 0 Å². The molecule has 0 heterocycles. The molecule has 0 N–H and O–H groups in total. The average molecular weight is 182 g/mol. The Bertz CT molecular complexity index is 452. The van der Waals surface area contributed by atoms with Crippen molar-refractivity contribution in [2.45, 2.75) is 13.8 Å². The van der Waals surface area contributed by atoms with Gasteiger partial charge in [0.15, 0.2) is 0 Å². The zero-order chi connectivity index (χ0) is 10.1. The third-order valence-corrected chi connectivity index (χ3v) is 2.59. The highest BCUT2D eigenvalue weighted by Gasteiger charge is 2.04. The Morgan fingerprint density at radius 1 is 1.14 bits per heavy atom. The van der Waals surface area contributed by atoms with E-state index < -0.39 is 0 Å². The van der Waals surface area contributed by atoms with Crippen molar-refractivity contribution in [3.63, 3.8) is 0 Å². The summed E-state index contributed by atoms with van der Waals surface area (Å²) in [5.41, 5.74) is 6.28. The summed E-state index contributed by atoms with van der Waals surface area (Å²) in [7, 11) is 0. The maximum absolute atomic E-state index is 3.97. The second kappa shape index (κ2) is 3.30. The number of fused-ring (bicyclic) bond motifs is 1. The molecule has 2 aliphatic rings. The van der Waals surface area contributed by atoms with Gasteiger partial charge in [-0.05, 0) is 42.2 Å². The summed E-state index contributed by atoms with van der Waals surface area (Å²) in [6, 6.07) is 12.9. The lowest BCUT2D eigenvalue weighted by Crippen LogP contribution is -1.72. The molecule has 0 atom stereocenters. The largest absolute Gasteiger partial charge is 0.0955 e. The van der Waals surface area contributed by atoms with Crippen LogP contribution in [0.1, 0.15) is 18.1 Å². The fourth-order valence-electron chi connectivity index (χ4n) is 1.70. The molecule has 14 heavy (non-hydrogen) atoms. The Hall–Kier alpha value is -1.56. The van der Waals surface area contributed by atoms with Crippen LogP contribution in [0.25, 0.3) is 16.7 Å². The van der Waals surface area contributed by atoms with Gasteiger partial charge in [0.1, 0.15) is 0 Å². The van der Waals surface area contributed by atoms with Gasteiger partial charge in [-0.1, -0.05) is 42.5 Å². The molecule has 2 aliphatic carbocycles. The van der Waals surface area contributed by atoms with E-state index in [2.05, 4.69) is 49.9 Å². The lowest BCUT2D eigenvalue weighted by atomic mass is 10.1. The van der Waals surface area contributed by atoms with Crippen molar-refractivity contribution in [1.82, 2.24) is 0 Å². The molecular weight excluding hydrogens is 168 g/mol. The van der Waals surface area contributed by atoms with Crippen molar-refractivity contribution in [3.8, 4) is 11.1 Å². The lowest BCUT2D eigenvalue weighted by Gasteiger charge is -1.96. The molecule has 0 heteroatoms. The lowest BCUT2D eigenvalue weighted by molar-refractivity contribution is 1.51. The van der Waals surface area contributed by atoms with Gasteiger partial charge in [0.2, 0.25) is 0 Å². The molecule has 0 aromatic rings. The summed E-state index contributed by atoms with van der Waals surface area (Å²) in [5.74, 6) is 0. The second-order valence-electron chi connectivity index (χ2n) is 3.79. The Kier molecular flexibility index (Phi) is 2.12. The van der Waals surface area contributed by atoms with Gasteiger partial charge in [-0.25, -0.2) is 0 Å². The van der Waals surface area contributed by atoms with E-state index in [1.165, 1.54) is 22.3 Å². The van der Waals surface area contributed by atoms with Crippen molar-refractivity contribution in [2.75, 3.05) is 0 Å². The summed E-state index contributed by atoms with van der Waals surface area (Å²) in [6.07, 6.45) is 0. The predicted molar refractivity (Wildman–Crippen MR) is 62.5 cm³/mol. The highest BCUT2D eigenvalue weighted by Crippen LogP contribution is 2.27. The highest BCUT2D eigenvalue weighted by atomic mass is 14.1. The molecule has 0 saturated heterocycles. The van der Waals surface area contributed by atoms with E-state index in [-0.39, 0.29) is 0 Å². The molecule has 0 nitrogen and oxygen atoms in total. The van der Waals surface area contributed by atoms with Crippen LogP contribution in [0.15, 0.2) is 43.0 Å². The van der Waals surface area contributed by atoms with E-state index in [4.69, 9.17) is 0 Å². The van der Waals surface area contributed by atoms with E-state index in [0.717, 1.165) is 5.57 Å². The molecule has 0 aromatic heterocycles.